The van der Waals surface area contributed by atoms with Gasteiger partial charge in [-0.15, -0.1) is 0 Å². The van der Waals surface area contributed by atoms with Crippen molar-refractivity contribution in [2.24, 2.45) is 0 Å². The predicted molar refractivity (Wildman–Crippen MR) is 131 cm³/mol. The highest BCUT2D eigenvalue weighted by molar-refractivity contribution is 7.99. The molecule has 0 bridgehead atoms. The van der Waals surface area contributed by atoms with Gasteiger partial charge in [-0.05, 0) is 60.4 Å². The van der Waals surface area contributed by atoms with Crippen molar-refractivity contribution in [3.63, 3.8) is 0 Å². The smallest absolute Gasteiger partial charge is 0.471 e. The van der Waals surface area contributed by atoms with Crippen LogP contribution in [0.4, 0.5) is 13.2 Å². The highest BCUT2D eigenvalue weighted by atomic mass is 32.2. The Morgan fingerprint density at radius 1 is 1.00 bits per heavy atom. The summed E-state index contributed by atoms with van der Waals surface area (Å²) in [7, 11) is 0. The summed E-state index contributed by atoms with van der Waals surface area (Å²) in [5.74, 6) is 0.900. The molecule has 3 nitrogen and oxygen atoms in total. The quantitative estimate of drug-likeness (QED) is 0.256. The standard InChI is InChI=1S/C26H40F3NO2S/c1-2-3-11-18-33-19-12-9-7-5-4-6-8-10-13-24-23-15-14-22(31)20-21(23)16-17-30(24)25(32)26(27,28)29/h14-15,20,24,31H,2-13,16-19H2,1H3. The lowest BCUT2D eigenvalue weighted by Crippen LogP contribution is -2.46. The van der Waals surface area contributed by atoms with Crippen LogP contribution < -0.4 is 0 Å². The zero-order valence-electron chi connectivity index (χ0n) is 20.0. The number of hydrogen-bond donors (Lipinski definition) is 1. The van der Waals surface area contributed by atoms with Crippen LogP contribution in [0.25, 0.3) is 0 Å². The Balaban J connectivity index is 1.68. The van der Waals surface area contributed by atoms with Crippen molar-refractivity contribution in [3.05, 3.63) is 29.3 Å². The Hall–Kier alpha value is -1.37. The van der Waals surface area contributed by atoms with Gasteiger partial charge in [0.25, 0.3) is 0 Å². The zero-order chi connectivity index (χ0) is 24.1. The fraction of sp³-hybridized carbons (Fsp3) is 0.731. The number of amides is 1. The molecule has 0 saturated carbocycles. The second kappa shape index (κ2) is 14.8. The molecule has 1 amide bonds. The lowest BCUT2D eigenvalue weighted by Gasteiger charge is -2.38. The molecule has 0 radical (unpaired) electrons. The van der Waals surface area contributed by atoms with E-state index in [0.717, 1.165) is 41.7 Å². The molecule has 1 N–H and O–H groups in total. The van der Waals surface area contributed by atoms with Crippen LogP contribution in [-0.2, 0) is 11.2 Å². The van der Waals surface area contributed by atoms with E-state index >= 15 is 0 Å². The molecule has 1 heterocycles. The van der Waals surface area contributed by atoms with Gasteiger partial charge in [-0.2, -0.15) is 24.9 Å². The van der Waals surface area contributed by atoms with Gasteiger partial charge in [0, 0.05) is 6.54 Å². The SMILES string of the molecule is CCCCCSCCCCCCCCCCC1c2ccc(O)cc2CCN1C(=O)C(F)(F)F. The van der Waals surface area contributed by atoms with E-state index in [9.17, 15) is 23.1 Å². The van der Waals surface area contributed by atoms with E-state index in [1.54, 1.807) is 12.1 Å². The molecule has 0 aliphatic carbocycles. The molecule has 2 rings (SSSR count). The Bertz CT molecular complexity index is 711. The maximum absolute atomic E-state index is 13.1. The summed E-state index contributed by atoms with van der Waals surface area (Å²) < 4.78 is 39.4. The van der Waals surface area contributed by atoms with Crippen molar-refractivity contribution in [1.82, 2.24) is 4.90 Å². The fourth-order valence-electron chi connectivity index (χ4n) is 4.57. The van der Waals surface area contributed by atoms with Gasteiger partial charge in [0.1, 0.15) is 5.75 Å². The third-order valence-corrected chi connectivity index (χ3v) is 7.55. The molecular formula is C26H40F3NO2S. The number of halogens is 3. The van der Waals surface area contributed by atoms with Crippen LogP contribution in [0.5, 0.6) is 5.75 Å². The minimum absolute atomic E-state index is 0.0380. The first-order chi connectivity index (χ1) is 15.8. The second-order valence-electron chi connectivity index (χ2n) is 9.08. The van der Waals surface area contributed by atoms with Crippen LogP contribution in [0, 0.1) is 0 Å². The number of nitrogens with zero attached hydrogens (tertiary/aromatic N) is 1. The molecule has 1 aliphatic rings. The molecule has 1 aliphatic heterocycles. The number of aromatic hydroxyl groups is 1. The largest absolute Gasteiger partial charge is 0.508 e. The highest BCUT2D eigenvalue weighted by Gasteiger charge is 2.45. The Labute approximate surface area is 201 Å². The Kier molecular flexibility index (Phi) is 12.5. The molecule has 1 aromatic rings. The number of unbranched alkanes of at least 4 members (excludes halogenated alkanes) is 9. The number of phenolic OH excluding ortho intramolecular Hbond substituents is 1. The second-order valence-corrected chi connectivity index (χ2v) is 10.3. The zero-order valence-corrected chi connectivity index (χ0v) is 20.8. The molecule has 33 heavy (non-hydrogen) atoms. The number of carbonyl (C=O) groups excluding carboxylic acids is 1. The predicted octanol–water partition coefficient (Wildman–Crippen LogP) is 7.81. The maximum Gasteiger partial charge on any atom is 0.471 e. The summed E-state index contributed by atoms with van der Waals surface area (Å²) in [4.78, 5) is 13.0. The maximum atomic E-state index is 13.1. The van der Waals surface area contributed by atoms with E-state index in [1.807, 2.05) is 0 Å². The normalized spacial score (nSPS) is 16.1. The van der Waals surface area contributed by atoms with Gasteiger partial charge >= 0.3 is 12.1 Å². The number of thioether (sulfide) groups is 1. The first-order valence-electron chi connectivity index (χ1n) is 12.6. The Morgan fingerprint density at radius 2 is 1.61 bits per heavy atom. The van der Waals surface area contributed by atoms with E-state index in [2.05, 4.69) is 18.7 Å². The third-order valence-electron chi connectivity index (χ3n) is 6.40. The summed E-state index contributed by atoms with van der Waals surface area (Å²) >= 11 is 2.07. The van der Waals surface area contributed by atoms with Crippen LogP contribution in [-0.4, -0.2) is 40.1 Å². The van der Waals surface area contributed by atoms with Crippen molar-refractivity contribution >= 4 is 17.7 Å². The first kappa shape index (κ1) is 27.9. The van der Waals surface area contributed by atoms with Crippen LogP contribution in [0.3, 0.4) is 0 Å². The number of phenols is 1. The molecule has 1 unspecified atom stereocenters. The lowest BCUT2D eigenvalue weighted by molar-refractivity contribution is -0.188. The average molecular weight is 488 g/mol. The van der Waals surface area contributed by atoms with Gasteiger partial charge in [-0.25, -0.2) is 0 Å². The Morgan fingerprint density at radius 3 is 2.24 bits per heavy atom. The van der Waals surface area contributed by atoms with Gasteiger partial charge in [-0.3, -0.25) is 4.79 Å². The molecule has 1 aromatic carbocycles. The van der Waals surface area contributed by atoms with Gasteiger partial charge in [0.05, 0.1) is 6.04 Å². The van der Waals surface area contributed by atoms with Crippen LogP contribution in [0.2, 0.25) is 0 Å². The van der Waals surface area contributed by atoms with Crippen molar-refractivity contribution in [1.29, 1.82) is 0 Å². The topological polar surface area (TPSA) is 40.5 Å². The summed E-state index contributed by atoms with van der Waals surface area (Å²) in [6.07, 6.45) is 8.96. The first-order valence-corrected chi connectivity index (χ1v) is 13.8. The number of rotatable bonds is 15. The van der Waals surface area contributed by atoms with E-state index < -0.39 is 18.1 Å². The molecule has 0 saturated heterocycles. The van der Waals surface area contributed by atoms with Crippen LogP contribution in [0.15, 0.2) is 18.2 Å². The molecule has 0 fully saturated rings. The summed E-state index contributed by atoms with van der Waals surface area (Å²) in [6.45, 7) is 2.27. The number of hydrogen-bond acceptors (Lipinski definition) is 3. The summed E-state index contributed by atoms with van der Waals surface area (Å²) in [6, 6.07) is 4.21. The molecule has 0 aromatic heterocycles. The molecule has 188 valence electrons. The molecule has 7 heteroatoms. The van der Waals surface area contributed by atoms with E-state index in [4.69, 9.17) is 0 Å². The minimum atomic E-state index is -4.86. The van der Waals surface area contributed by atoms with Crippen molar-refractivity contribution in [2.45, 2.75) is 103 Å². The van der Waals surface area contributed by atoms with Gasteiger partial charge in [0.2, 0.25) is 0 Å². The summed E-state index contributed by atoms with van der Waals surface area (Å²) in [5, 5.41) is 9.73. The van der Waals surface area contributed by atoms with Crippen molar-refractivity contribution in [2.75, 3.05) is 18.1 Å². The van der Waals surface area contributed by atoms with Gasteiger partial charge in [-0.1, -0.05) is 70.8 Å². The minimum Gasteiger partial charge on any atom is -0.508 e. The fourth-order valence-corrected chi connectivity index (χ4v) is 5.59. The van der Waals surface area contributed by atoms with Crippen molar-refractivity contribution in [3.8, 4) is 5.75 Å². The molecular weight excluding hydrogens is 447 g/mol. The van der Waals surface area contributed by atoms with E-state index in [-0.39, 0.29) is 12.3 Å². The van der Waals surface area contributed by atoms with Crippen LogP contribution >= 0.6 is 11.8 Å². The lowest BCUT2D eigenvalue weighted by atomic mass is 9.89. The van der Waals surface area contributed by atoms with Gasteiger partial charge in [0.15, 0.2) is 0 Å². The molecule has 0 spiro atoms. The van der Waals surface area contributed by atoms with E-state index in [1.165, 1.54) is 62.5 Å². The van der Waals surface area contributed by atoms with Crippen LogP contribution in [0.1, 0.15) is 101 Å². The molecule has 1 atom stereocenters. The van der Waals surface area contributed by atoms with E-state index in [0.29, 0.717) is 12.8 Å². The monoisotopic (exact) mass is 487 g/mol. The van der Waals surface area contributed by atoms with Crippen molar-refractivity contribution < 1.29 is 23.1 Å². The van der Waals surface area contributed by atoms with Gasteiger partial charge < -0.3 is 10.0 Å². The number of benzene rings is 1. The number of alkyl halides is 3. The summed E-state index contributed by atoms with van der Waals surface area (Å²) in [5.41, 5.74) is 1.58. The third kappa shape index (κ3) is 9.79. The number of carbonyl (C=O) groups is 1. The number of fused-ring (bicyclic) bond motifs is 1. The average Bonchev–Trinajstić information content (AvgIpc) is 2.78. The highest BCUT2D eigenvalue weighted by Crippen LogP contribution is 2.37.